The van der Waals surface area contributed by atoms with Gasteiger partial charge in [0, 0.05) is 12.8 Å². The smallest absolute Gasteiger partial charge is 0.338 e. The van der Waals surface area contributed by atoms with E-state index in [2.05, 4.69) is 20.3 Å². The number of hydrogen-bond donors (Lipinski definition) is 2. The second-order valence-electron chi connectivity index (χ2n) is 6.34. The van der Waals surface area contributed by atoms with Crippen molar-refractivity contribution >= 4 is 40.6 Å². The van der Waals surface area contributed by atoms with Gasteiger partial charge < -0.3 is 9.47 Å². The number of rotatable bonds is 9. The number of amides is 1. The summed E-state index contributed by atoms with van der Waals surface area (Å²) < 4.78 is 12.6. The van der Waals surface area contributed by atoms with Crippen LogP contribution in [0.15, 0.2) is 41.5 Å². The van der Waals surface area contributed by atoms with Gasteiger partial charge in [0.1, 0.15) is 13.3 Å². The van der Waals surface area contributed by atoms with E-state index in [-0.39, 0.29) is 36.4 Å². The minimum absolute atomic E-state index is 0.00307. The number of nitrogens with zero attached hydrogens (tertiary/aromatic N) is 3. The Labute approximate surface area is 176 Å². The van der Waals surface area contributed by atoms with E-state index in [1.165, 1.54) is 17.8 Å². The third-order valence-corrected chi connectivity index (χ3v) is 4.28. The van der Waals surface area contributed by atoms with Gasteiger partial charge in [-0.1, -0.05) is 18.2 Å². The number of carbonyl (C=O) groups excluding carboxylic acids is 2. The number of halogens is 1. The fourth-order valence-electron chi connectivity index (χ4n) is 2.62. The summed E-state index contributed by atoms with van der Waals surface area (Å²) in [7, 11) is 0. The Morgan fingerprint density at radius 2 is 2.07 bits per heavy atom. The zero-order valence-corrected chi connectivity index (χ0v) is 16.9. The molecule has 1 amide bonds. The van der Waals surface area contributed by atoms with Crippen molar-refractivity contribution in [3.05, 3.63) is 52.6 Å². The topological polar surface area (TPSA) is 128 Å². The van der Waals surface area contributed by atoms with Crippen molar-refractivity contribution in [2.45, 2.75) is 26.2 Å². The zero-order chi connectivity index (χ0) is 21.5. The van der Waals surface area contributed by atoms with Crippen molar-refractivity contribution in [1.82, 2.24) is 19.5 Å². The minimum Gasteiger partial charge on any atom is -0.459 e. The highest BCUT2D eigenvalue weighted by Crippen LogP contribution is 2.11. The molecule has 0 unspecified atom stereocenters. The molecule has 2 N–H and O–H groups in total. The van der Waals surface area contributed by atoms with E-state index in [1.807, 2.05) is 6.07 Å². The maximum atomic E-state index is 12.1. The Hall–Kier alpha value is -3.24. The predicted molar refractivity (Wildman–Crippen MR) is 109 cm³/mol. The van der Waals surface area contributed by atoms with Crippen molar-refractivity contribution < 1.29 is 19.1 Å². The van der Waals surface area contributed by atoms with Crippen LogP contribution in [0.5, 0.6) is 0 Å². The normalized spacial score (nSPS) is 11.9. The van der Waals surface area contributed by atoms with Crippen LogP contribution in [0, 0.1) is 0 Å². The number of H-pyrrole nitrogens is 1. The molecular weight excluding hydrogens is 414 g/mol. The first kappa shape index (κ1) is 21.5. The van der Waals surface area contributed by atoms with E-state index in [0.717, 1.165) is 0 Å². The van der Waals surface area contributed by atoms with Crippen molar-refractivity contribution in [2.75, 3.05) is 17.8 Å². The lowest BCUT2D eigenvalue weighted by atomic mass is 10.2. The first-order valence-electron chi connectivity index (χ1n) is 9.10. The number of imidazole rings is 1. The first-order chi connectivity index (χ1) is 14.5. The highest BCUT2D eigenvalue weighted by atomic mass is 35.5. The van der Waals surface area contributed by atoms with Gasteiger partial charge in [0.15, 0.2) is 11.2 Å². The number of nitrogens with one attached hydrogen (secondary N) is 2. The number of aromatic nitrogens is 4. The second-order valence-corrected chi connectivity index (χ2v) is 6.72. The summed E-state index contributed by atoms with van der Waals surface area (Å²) >= 11 is 5.84. The highest BCUT2D eigenvalue weighted by molar-refractivity contribution is 6.17. The Kier molecular flexibility index (Phi) is 7.15. The Balaban J connectivity index is 1.67. The summed E-state index contributed by atoms with van der Waals surface area (Å²) in [5, 5.41) is 2.43. The molecule has 3 rings (SSSR count). The number of ether oxygens (including phenoxy) is 2. The third kappa shape index (κ3) is 5.43. The number of hydrogen-bond acceptors (Lipinski definition) is 7. The molecule has 2 aromatic heterocycles. The van der Waals surface area contributed by atoms with E-state index in [9.17, 15) is 14.4 Å². The fourth-order valence-corrected chi connectivity index (χ4v) is 2.87. The number of benzene rings is 1. The molecule has 0 aliphatic rings. The molecule has 1 aromatic carbocycles. The summed E-state index contributed by atoms with van der Waals surface area (Å²) in [6, 6.07) is 8.62. The van der Waals surface area contributed by atoms with Gasteiger partial charge >= 0.3 is 5.97 Å². The Morgan fingerprint density at radius 1 is 1.30 bits per heavy atom. The number of esters is 1. The molecular formula is C19H20ClN5O5. The number of fused-ring (bicyclic) bond motifs is 1. The monoisotopic (exact) mass is 433 g/mol. The van der Waals surface area contributed by atoms with Gasteiger partial charge in [0.05, 0.1) is 18.0 Å². The molecule has 3 aromatic rings. The molecule has 0 spiro atoms. The van der Waals surface area contributed by atoms with Crippen LogP contribution in [-0.2, 0) is 21.0 Å². The molecule has 0 radical (unpaired) electrons. The minimum atomic E-state index is -0.489. The number of anilines is 1. The van der Waals surface area contributed by atoms with Gasteiger partial charge in [0.2, 0.25) is 11.9 Å². The lowest BCUT2D eigenvalue weighted by Gasteiger charge is -2.17. The summed E-state index contributed by atoms with van der Waals surface area (Å²) in [5.74, 6) is -0.513. The van der Waals surface area contributed by atoms with Crippen molar-refractivity contribution in [2.24, 2.45) is 0 Å². The summed E-state index contributed by atoms with van der Waals surface area (Å²) in [6.07, 6.45) is 1.38. The quantitative estimate of drug-likeness (QED) is 0.389. The summed E-state index contributed by atoms with van der Waals surface area (Å²) in [6.45, 7) is 1.31. The van der Waals surface area contributed by atoms with E-state index >= 15 is 0 Å². The van der Waals surface area contributed by atoms with Crippen LogP contribution >= 0.6 is 11.6 Å². The molecule has 0 bridgehead atoms. The van der Waals surface area contributed by atoms with Crippen LogP contribution in [0.4, 0.5) is 5.95 Å². The van der Waals surface area contributed by atoms with Crippen LogP contribution in [0.3, 0.4) is 0 Å². The molecule has 0 fully saturated rings. The van der Waals surface area contributed by atoms with Crippen LogP contribution in [-0.4, -0.2) is 50.0 Å². The van der Waals surface area contributed by atoms with Crippen molar-refractivity contribution in [3.63, 3.8) is 0 Å². The zero-order valence-electron chi connectivity index (χ0n) is 16.1. The van der Waals surface area contributed by atoms with Crippen LogP contribution in [0.25, 0.3) is 11.2 Å². The average molecular weight is 434 g/mol. The van der Waals surface area contributed by atoms with Gasteiger partial charge in [-0.2, -0.15) is 4.98 Å². The van der Waals surface area contributed by atoms with Gasteiger partial charge in [0.25, 0.3) is 5.56 Å². The lowest BCUT2D eigenvalue weighted by molar-refractivity contribution is -0.114. The molecule has 0 saturated heterocycles. The van der Waals surface area contributed by atoms with Crippen LogP contribution in [0.1, 0.15) is 23.7 Å². The van der Waals surface area contributed by atoms with E-state index in [0.29, 0.717) is 17.9 Å². The van der Waals surface area contributed by atoms with E-state index in [4.69, 9.17) is 21.1 Å². The molecule has 158 valence electrons. The predicted octanol–water partition coefficient (Wildman–Crippen LogP) is 1.91. The SMILES string of the molecule is CC(=O)Nc1nc2c(ncn2CO[C@H](CCCl)COC(=O)c2ccccc2)c(=O)[nH]1. The van der Waals surface area contributed by atoms with Gasteiger partial charge in [-0.25, -0.2) is 9.78 Å². The molecule has 0 aliphatic carbocycles. The number of alkyl halides is 1. The van der Waals surface area contributed by atoms with Gasteiger partial charge in [-0.05, 0) is 18.6 Å². The standard InChI is InChI=1S/C19H20ClN5O5/c1-12(26)22-19-23-16-15(17(27)24-19)21-10-25(16)11-30-14(7-8-20)9-29-18(28)13-5-3-2-4-6-13/h2-6,10,14H,7-9,11H2,1H3,(H2,22,23,24,26,27)/t14-/m1/s1. The number of carbonyl (C=O) groups is 2. The molecule has 11 heteroatoms. The van der Waals surface area contributed by atoms with Crippen molar-refractivity contribution in [1.29, 1.82) is 0 Å². The molecule has 0 aliphatic heterocycles. The van der Waals surface area contributed by atoms with Crippen LogP contribution in [0.2, 0.25) is 0 Å². The van der Waals surface area contributed by atoms with Crippen LogP contribution < -0.4 is 10.9 Å². The summed E-state index contributed by atoms with van der Waals surface area (Å²) in [5.41, 5.74) is 0.304. The largest absolute Gasteiger partial charge is 0.459 e. The molecule has 30 heavy (non-hydrogen) atoms. The summed E-state index contributed by atoms with van der Waals surface area (Å²) in [4.78, 5) is 46.1. The van der Waals surface area contributed by atoms with E-state index < -0.39 is 17.6 Å². The second kappa shape index (κ2) is 9.99. The van der Waals surface area contributed by atoms with Gasteiger partial charge in [-0.15, -0.1) is 11.6 Å². The molecule has 0 saturated carbocycles. The maximum Gasteiger partial charge on any atom is 0.338 e. The van der Waals surface area contributed by atoms with Crippen molar-refractivity contribution in [3.8, 4) is 0 Å². The molecule has 1 atom stereocenters. The highest BCUT2D eigenvalue weighted by Gasteiger charge is 2.16. The molecule has 10 nitrogen and oxygen atoms in total. The molecule has 2 heterocycles. The Bertz CT molecular complexity index is 1080. The lowest BCUT2D eigenvalue weighted by Crippen LogP contribution is -2.24. The Morgan fingerprint density at radius 3 is 2.77 bits per heavy atom. The first-order valence-corrected chi connectivity index (χ1v) is 9.64. The maximum absolute atomic E-state index is 12.1. The fraction of sp³-hybridized carbons (Fsp3) is 0.316. The third-order valence-electron chi connectivity index (χ3n) is 4.06. The average Bonchev–Trinajstić information content (AvgIpc) is 3.13. The van der Waals surface area contributed by atoms with E-state index in [1.54, 1.807) is 24.3 Å². The number of aromatic amines is 1. The van der Waals surface area contributed by atoms with Gasteiger partial charge in [-0.3, -0.25) is 24.5 Å².